The summed E-state index contributed by atoms with van der Waals surface area (Å²) in [5.41, 5.74) is 0.700. The molecule has 0 spiro atoms. The Kier molecular flexibility index (Phi) is 5.60. The van der Waals surface area contributed by atoms with Crippen LogP contribution in [0.1, 0.15) is 4.88 Å². The predicted octanol–water partition coefficient (Wildman–Crippen LogP) is 4.69. The van der Waals surface area contributed by atoms with Gasteiger partial charge in [0, 0.05) is 28.6 Å². The highest BCUT2D eigenvalue weighted by Gasteiger charge is 2.14. The Morgan fingerprint density at radius 2 is 2.04 bits per heavy atom. The molecule has 140 valence electrons. The number of aromatic amines is 1. The molecule has 3 aromatic rings. The van der Waals surface area contributed by atoms with Crippen molar-refractivity contribution in [3.63, 3.8) is 0 Å². The number of nitrogens with zero attached hydrogens (tertiary/aromatic N) is 4. The molecule has 0 atom stereocenters. The van der Waals surface area contributed by atoms with Crippen LogP contribution in [0.2, 0.25) is 10.0 Å². The van der Waals surface area contributed by atoms with Gasteiger partial charge in [-0.05, 0) is 42.5 Å². The molecule has 1 saturated heterocycles. The maximum atomic E-state index is 6.30. The van der Waals surface area contributed by atoms with Crippen molar-refractivity contribution >= 4 is 58.0 Å². The van der Waals surface area contributed by atoms with Crippen LogP contribution in [0, 0.1) is 4.77 Å². The van der Waals surface area contributed by atoms with Gasteiger partial charge in [-0.2, -0.15) is 14.9 Å². The van der Waals surface area contributed by atoms with E-state index in [2.05, 4.69) is 26.3 Å². The van der Waals surface area contributed by atoms with Crippen LogP contribution in [0.25, 0.3) is 11.4 Å². The molecule has 27 heavy (non-hydrogen) atoms. The van der Waals surface area contributed by atoms with Crippen LogP contribution < -0.4 is 4.90 Å². The second-order valence-electron chi connectivity index (χ2n) is 5.81. The molecule has 1 aromatic carbocycles. The minimum Gasteiger partial charge on any atom is -0.378 e. The number of benzene rings is 1. The van der Waals surface area contributed by atoms with Crippen LogP contribution in [0.15, 0.2) is 35.4 Å². The van der Waals surface area contributed by atoms with Gasteiger partial charge in [0.2, 0.25) is 4.77 Å². The van der Waals surface area contributed by atoms with Gasteiger partial charge in [0.05, 0.1) is 29.5 Å². The molecule has 0 unspecified atom stereocenters. The minimum atomic E-state index is 0.386. The first kappa shape index (κ1) is 18.6. The lowest BCUT2D eigenvalue weighted by atomic mass is 10.2. The number of rotatable bonds is 4. The van der Waals surface area contributed by atoms with E-state index in [9.17, 15) is 0 Å². The second kappa shape index (κ2) is 8.12. The monoisotopic (exact) mass is 439 g/mol. The minimum absolute atomic E-state index is 0.386. The number of hydrogen-bond donors (Lipinski definition) is 1. The number of hydrogen-bond acceptors (Lipinski definition) is 6. The van der Waals surface area contributed by atoms with E-state index in [-0.39, 0.29) is 0 Å². The lowest BCUT2D eigenvalue weighted by molar-refractivity contribution is 0.123. The van der Waals surface area contributed by atoms with Gasteiger partial charge in [-0.3, -0.25) is 0 Å². The molecule has 0 bridgehead atoms. The van der Waals surface area contributed by atoms with E-state index in [1.165, 1.54) is 5.00 Å². The fraction of sp³-hybridized carbons (Fsp3) is 0.235. The number of H-pyrrole nitrogens is 1. The van der Waals surface area contributed by atoms with Crippen molar-refractivity contribution in [3.8, 4) is 11.4 Å². The van der Waals surface area contributed by atoms with Crippen LogP contribution in [-0.4, -0.2) is 47.4 Å². The van der Waals surface area contributed by atoms with Crippen LogP contribution in [-0.2, 0) is 4.74 Å². The molecule has 0 amide bonds. The Morgan fingerprint density at radius 3 is 2.81 bits per heavy atom. The highest BCUT2D eigenvalue weighted by atomic mass is 35.5. The number of morpholine rings is 1. The van der Waals surface area contributed by atoms with Crippen molar-refractivity contribution < 1.29 is 4.74 Å². The lowest BCUT2D eigenvalue weighted by Crippen LogP contribution is -2.35. The van der Waals surface area contributed by atoms with Crippen molar-refractivity contribution in [2.45, 2.75) is 0 Å². The van der Waals surface area contributed by atoms with E-state index in [0.29, 0.717) is 26.2 Å². The molecule has 0 radical (unpaired) electrons. The van der Waals surface area contributed by atoms with Crippen LogP contribution >= 0.6 is 46.8 Å². The largest absolute Gasteiger partial charge is 0.378 e. The van der Waals surface area contributed by atoms with Crippen molar-refractivity contribution in [1.29, 1.82) is 0 Å². The van der Waals surface area contributed by atoms with Gasteiger partial charge in [0.1, 0.15) is 0 Å². The highest BCUT2D eigenvalue weighted by Crippen LogP contribution is 2.29. The van der Waals surface area contributed by atoms with Crippen molar-refractivity contribution in [1.82, 2.24) is 14.9 Å². The van der Waals surface area contributed by atoms with Crippen LogP contribution in [0.4, 0.5) is 5.00 Å². The van der Waals surface area contributed by atoms with Gasteiger partial charge in [0.15, 0.2) is 5.82 Å². The van der Waals surface area contributed by atoms with Gasteiger partial charge in [-0.25, -0.2) is 5.10 Å². The Balaban J connectivity index is 1.61. The predicted molar refractivity (Wildman–Crippen MR) is 113 cm³/mol. The first-order valence-electron chi connectivity index (χ1n) is 8.21. The summed E-state index contributed by atoms with van der Waals surface area (Å²) in [6.07, 6.45) is 1.77. The fourth-order valence-corrected chi connectivity index (χ4v) is 4.32. The molecule has 6 nitrogen and oxygen atoms in total. The zero-order valence-corrected chi connectivity index (χ0v) is 17.2. The van der Waals surface area contributed by atoms with E-state index < -0.39 is 0 Å². The smallest absolute Gasteiger partial charge is 0.216 e. The third kappa shape index (κ3) is 4.09. The summed E-state index contributed by atoms with van der Waals surface area (Å²) in [5.74, 6) is 0.530. The summed E-state index contributed by atoms with van der Waals surface area (Å²) >= 11 is 19.3. The third-order valence-corrected chi connectivity index (χ3v) is 5.95. The maximum Gasteiger partial charge on any atom is 0.216 e. The average molecular weight is 440 g/mol. The highest BCUT2D eigenvalue weighted by molar-refractivity contribution is 7.71. The average Bonchev–Trinajstić information content (AvgIpc) is 3.28. The molecular weight excluding hydrogens is 425 g/mol. The number of aromatic nitrogens is 3. The van der Waals surface area contributed by atoms with E-state index in [1.807, 2.05) is 6.07 Å². The number of halogens is 2. The molecule has 1 N–H and O–H groups in total. The molecule has 0 saturated carbocycles. The standard InChI is InChI=1S/C17H15Cl2N5OS2/c18-11-1-3-13(14(19)9-11)16-21-22-17(26)24(16)20-10-12-2-4-15(27-12)23-5-7-25-8-6-23/h1-4,9-10H,5-8H2,(H,22,26)/b20-10+. The number of anilines is 1. The molecule has 10 heteroatoms. The van der Waals surface area contributed by atoms with Crippen molar-refractivity contribution in [2.75, 3.05) is 31.2 Å². The summed E-state index contributed by atoms with van der Waals surface area (Å²) in [4.78, 5) is 3.33. The quantitative estimate of drug-likeness (QED) is 0.472. The topological polar surface area (TPSA) is 58.4 Å². The first-order chi connectivity index (χ1) is 13.1. The summed E-state index contributed by atoms with van der Waals surface area (Å²) < 4.78 is 7.34. The zero-order valence-electron chi connectivity index (χ0n) is 14.1. The number of ether oxygens (including phenoxy) is 1. The molecule has 1 fully saturated rings. The van der Waals surface area contributed by atoms with Gasteiger partial charge in [-0.1, -0.05) is 23.2 Å². The van der Waals surface area contributed by atoms with Crippen molar-refractivity contribution in [2.24, 2.45) is 5.10 Å². The van der Waals surface area contributed by atoms with E-state index in [1.54, 1.807) is 40.4 Å². The molecular formula is C17H15Cl2N5OS2. The van der Waals surface area contributed by atoms with Gasteiger partial charge < -0.3 is 9.64 Å². The summed E-state index contributed by atoms with van der Waals surface area (Å²) in [5, 5.41) is 13.8. The van der Waals surface area contributed by atoms with E-state index >= 15 is 0 Å². The molecule has 3 heterocycles. The summed E-state index contributed by atoms with van der Waals surface area (Å²) in [6.45, 7) is 3.33. The Hall–Kier alpha value is -1.71. The van der Waals surface area contributed by atoms with E-state index in [4.69, 9.17) is 40.2 Å². The first-order valence-corrected chi connectivity index (χ1v) is 10.2. The molecule has 0 aliphatic carbocycles. The summed E-state index contributed by atoms with van der Waals surface area (Å²) in [6, 6.07) is 9.35. The number of thiophene rings is 1. The summed E-state index contributed by atoms with van der Waals surface area (Å²) in [7, 11) is 0. The fourth-order valence-electron chi connectivity index (χ4n) is 2.72. The Morgan fingerprint density at radius 1 is 1.22 bits per heavy atom. The normalized spacial score (nSPS) is 15.0. The maximum absolute atomic E-state index is 6.30. The Labute approximate surface area is 175 Å². The third-order valence-electron chi connectivity index (χ3n) is 4.06. The molecule has 2 aromatic heterocycles. The number of nitrogens with one attached hydrogen (secondary N) is 1. The SMILES string of the molecule is S=c1[nH]nc(-c2ccc(Cl)cc2Cl)n1/N=C/c1ccc(N2CCOCC2)s1. The second-order valence-corrected chi connectivity index (χ2v) is 8.13. The Bertz CT molecular complexity index is 1040. The van der Waals surface area contributed by atoms with Gasteiger partial charge in [0.25, 0.3) is 0 Å². The molecule has 1 aliphatic rings. The van der Waals surface area contributed by atoms with Crippen LogP contribution in [0.5, 0.6) is 0 Å². The van der Waals surface area contributed by atoms with E-state index in [0.717, 1.165) is 31.2 Å². The molecule has 4 rings (SSSR count). The molecule has 1 aliphatic heterocycles. The van der Waals surface area contributed by atoms with Crippen LogP contribution in [0.3, 0.4) is 0 Å². The van der Waals surface area contributed by atoms with Gasteiger partial charge in [-0.15, -0.1) is 11.3 Å². The van der Waals surface area contributed by atoms with Crippen molar-refractivity contribution in [3.05, 3.63) is 50.0 Å². The van der Waals surface area contributed by atoms with Gasteiger partial charge >= 0.3 is 0 Å². The lowest BCUT2D eigenvalue weighted by Gasteiger charge is -2.27. The zero-order chi connectivity index (χ0) is 18.8.